The molecule has 27 heavy (non-hydrogen) atoms. The molecule has 3 rings (SSSR count). The van der Waals surface area contributed by atoms with Crippen LogP contribution in [0.1, 0.15) is 18.9 Å². The molecular weight excluding hydrogens is 346 g/mol. The molecule has 1 aliphatic heterocycles. The number of methoxy groups -OCH3 is 1. The Labute approximate surface area is 157 Å². The highest BCUT2D eigenvalue weighted by Gasteiger charge is 2.51. The van der Waals surface area contributed by atoms with Gasteiger partial charge < -0.3 is 15.4 Å². The van der Waals surface area contributed by atoms with Crippen LogP contribution < -0.4 is 15.4 Å². The summed E-state index contributed by atoms with van der Waals surface area (Å²) in [5.41, 5.74) is 0.0759. The summed E-state index contributed by atoms with van der Waals surface area (Å²) in [7, 11) is 1.53. The molecule has 1 saturated heterocycles. The number of carbonyl (C=O) groups is 3. The van der Waals surface area contributed by atoms with E-state index in [1.54, 1.807) is 36.4 Å². The van der Waals surface area contributed by atoms with E-state index < -0.39 is 23.4 Å². The van der Waals surface area contributed by atoms with Crippen LogP contribution in [0.2, 0.25) is 0 Å². The number of imide groups is 1. The van der Waals surface area contributed by atoms with E-state index in [1.165, 1.54) is 7.11 Å². The molecule has 7 heteroatoms. The summed E-state index contributed by atoms with van der Waals surface area (Å²) in [6, 6.07) is 15.3. The molecule has 1 fully saturated rings. The van der Waals surface area contributed by atoms with E-state index in [2.05, 4.69) is 10.6 Å². The number of urea groups is 1. The van der Waals surface area contributed by atoms with E-state index in [0.29, 0.717) is 23.4 Å². The highest BCUT2D eigenvalue weighted by Crippen LogP contribution is 2.32. The third kappa shape index (κ3) is 3.48. The maximum Gasteiger partial charge on any atom is 0.325 e. The first-order valence-corrected chi connectivity index (χ1v) is 8.63. The number of ether oxygens (including phenoxy) is 1. The molecule has 1 aliphatic rings. The number of benzene rings is 2. The first-order chi connectivity index (χ1) is 13.0. The zero-order chi connectivity index (χ0) is 19.4. The molecule has 0 unspecified atom stereocenters. The number of rotatable bonds is 6. The Bertz CT molecular complexity index is 869. The van der Waals surface area contributed by atoms with Crippen molar-refractivity contribution in [2.24, 2.45) is 0 Å². The van der Waals surface area contributed by atoms with Crippen molar-refractivity contribution in [3.63, 3.8) is 0 Å². The molecule has 0 aromatic heterocycles. The van der Waals surface area contributed by atoms with Crippen molar-refractivity contribution < 1.29 is 19.1 Å². The van der Waals surface area contributed by atoms with Crippen LogP contribution in [-0.4, -0.2) is 36.4 Å². The van der Waals surface area contributed by atoms with E-state index in [1.807, 2.05) is 25.1 Å². The molecule has 2 aromatic carbocycles. The Morgan fingerprint density at radius 1 is 1.15 bits per heavy atom. The van der Waals surface area contributed by atoms with Crippen LogP contribution in [-0.2, 0) is 15.1 Å². The molecule has 1 heterocycles. The second-order valence-electron chi connectivity index (χ2n) is 6.23. The summed E-state index contributed by atoms with van der Waals surface area (Å²) in [6.07, 6.45) is 0.385. The summed E-state index contributed by atoms with van der Waals surface area (Å²) in [4.78, 5) is 38.7. The highest BCUT2D eigenvalue weighted by molar-refractivity contribution is 6.10. The molecule has 0 aliphatic carbocycles. The van der Waals surface area contributed by atoms with Gasteiger partial charge in [0.1, 0.15) is 17.8 Å². The Morgan fingerprint density at radius 2 is 1.89 bits per heavy atom. The second kappa shape index (κ2) is 7.49. The maximum absolute atomic E-state index is 13.0. The quantitative estimate of drug-likeness (QED) is 0.768. The Morgan fingerprint density at radius 3 is 2.56 bits per heavy atom. The number of hydrogen-bond donors (Lipinski definition) is 2. The SMILES string of the molecule is CC[C@]1(c2ccccc2)NC(=O)N(CC(=O)Nc2cccc(OC)c2)C1=O. The molecule has 0 spiro atoms. The van der Waals surface area contributed by atoms with Crippen molar-refractivity contribution in [1.29, 1.82) is 0 Å². The fraction of sp³-hybridized carbons (Fsp3) is 0.250. The largest absolute Gasteiger partial charge is 0.497 e. The summed E-state index contributed by atoms with van der Waals surface area (Å²) in [5.74, 6) is -0.300. The minimum Gasteiger partial charge on any atom is -0.497 e. The Hall–Kier alpha value is -3.35. The summed E-state index contributed by atoms with van der Waals surface area (Å²) in [5, 5.41) is 5.44. The van der Waals surface area contributed by atoms with Gasteiger partial charge in [0.2, 0.25) is 5.91 Å². The lowest BCUT2D eigenvalue weighted by Gasteiger charge is -2.25. The van der Waals surface area contributed by atoms with Crippen LogP contribution in [0.3, 0.4) is 0 Å². The Balaban J connectivity index is 1.76. The van der Waals surface area contributed by atoms with Gasteiger partial charge in [0.25, 0.3) is 5.91 Å². The van der Waals surface area contributed by atoms with E-state index in [-0.39, 0.29) is 6.54 Å². The fourth-order valence-corrected chi connectivity index (χ4v) is 3.18. The van der Waals surface area contributed by atoms with Gasteiger partial charge in [0.05, 0.1) is 7.11 Å². The molecule has 0 bridgehead atoms. The van der Waals surface area contributed by atoms with Gasteiger partial charge in [-0.05, 0) is 24.1 Å². The second-order valence-corrected chi connectivity index (χ2v) is 6.23. The molecule has 2 aromatic rings. The number of carbonyl (C=O) groups excluding carboxylic acids is 3. The molecule has 140 valence electrons. The molecule has 4 amide bonds. The molecule has 2 N–H and O–H groups in total. The maximum atomic E-state index is 13.0. The number of anilines is 1. The predicted molar refractivity (Wildman–Crippen MR) is 100 cm³/mol. The first-order valence-electron chi connectivity index (χ1n) is 8.63. The summed E-state index contributed by atoms with van der Waals surface area (Å²) < 4.78 is 5.11. The lowest BCUT2D eigenvalue weighted by molar-refractivity contribution is -0.134. The average Bonchev–Trinajstić information content (AvgIpc) is 2.94. The van der Waals surface area contributed by atoms with Crippen molar-refractivity contribution >= 4 is 23.5 Å². The van der Waals surface area contributed by atoms with Gasteiger partial charge in [-0.3, -0.25) is 14.5 Å². The van der Waals surface area contributed by atoms with Crippen LogP contribution in [0.15, 0.2) is 54.6 Å². The average molecular weight is 367 g/mol. The zero-order valence-electron chi connectivity index (χ0n) is 15.2. The van der Waals surface area contributed by atoms with Gasteiger partial charge in [-0.15, -0.1) is 0 Å². The van der Waals surface area contributed by atoms with Gasteiger partial charge in [-0.2, -0.15) is 0 Å². The van der Waals surface area contributed by atoms with Crippen molar-refractivity contribution in [2.75, 3.05) is 19.0 Å². The van der Waals surface area contributed by atoms with Gasteiger partial charge in [0.15, 0.2) is 0 Å². The summed E-state index contributed by atoms with van der Waals surface area (Å²) >= 11 is 0. The van der Waals surface area contributed by atoms with Crippen LogP contribution in [0.25, 0.3) is 0 Å². The van der Waals surface area contributed by atoms with E-state index in [0.717, 1.165) is 4.90 Å². The van der Waals surface area contributed by atoms with Crippen molar-refractivity contribution in [1.82, 2.24) is 10.2 Å². The molecular formula is C20H21N3O4. The van der Waals surface area contributed by atoms with Crippen molar-refractivity contribution in [2.45, 2.75) is 18.9 Å². The minimum atomic E-state index is -1.14. The third-order valence-corrected chi connectivity index (χ3v) is 4.63. The lowest BCUT2D eigenvalue weighted by Crippen LogP contribution is -2.44. The molecule has 0 saturated carbocycles. The van der Waals surface area contributed by atoms with Gasteiger partial charge in [-0.25, -0.2) is 4.79 Å². The fourth-order valence-electron chi connectivity index (χ4n) is 3.18. The number of nitrogens with one attached hydrogen (secondary N) is 2. The van der Waals surface area contributed by atoms with Crippen LogP contribution in [0, 0.1) is 0 Å². The molecule has 7 nitrogen and oxygen atoms in total. The zero-order valence-corrected chi connectivity index (χ0v) is 15.2. The van der Waals surface area contributed by atoms with E-state index >= 15 is 0 Å². The van der Waals surface area contributed by atoms with Crippen molar-refractivity contribution in [3.05, 3.63) is 60.2 Å². The topological polar surface area (TPSA) is 87.7 Å². The lowest BCUT2D eigenvalue weighted by atomic mass is 9.87. The van der Waals surface area contributed by atoms with Gasteiger partial charge >= 0.3 is 6.03 Å². The normalized spacial score (nSPS) is 19.0. The number of nitrogens with zero attached hydrogens (tertiary/aromatic N) is 1. The van der Waals surface area contributed by atoms with Crippen LogP contribution in [0.5, 0.6) is 5.75 Å². The third-order valence-electron chi connectivity index (χ3n) is 4.63. The first kappa shape index (κ1) is 18.4. The number of hydrogen-bond acceptors (Lipinski definition) is 4. The van der Waals surface area contributed by atoms with Gasteiger partial charge in [-0.1, -0.05) is 43.3 Å². The molecule has 1 atom stereocenters. The summed E-state index contributed by atoms with van der Waals surface area (Å²) in [6.45, 7) is 1.46. The van der Waals surface area contributed by atoms with Crippen LogP contribution in [0.4, 0.5) is 10.5 Å². The standard InChI is InChI=1S/C20H21N3O4/c1-3-20(14-8-5-4-6-9-14)18(25)23(19(26)22-20)13-17(24)21-15-10-7-11-16(12-15)27-2/h4-12H,3,13H2,1-2H3,(H,21,24)(H,22,26)/t20-/m1/s1. The van der Waals surface area contributed by atoms with E-state index in [4.69, 9.17) is 4.74 Å². The molecule has 0 radical (unpaired) electrons. The Kier molecular flexibility index (Phi) is 5.12. The smallest absolute Gasteiger partial charge is 0.325 e. The van der Waals surface area contributed by atoms with Gasteiger partial charge in [0, 0.05) is 11.8 Å². The highest BCUT2D eigenvalue weighted by atomic mass is 16.5. The predicted octanol–water partition coefficient (Wildman–Crippen LogP) is 2.49. The van der Waals surface area contributed by atoms with Crippen LogP contribution >= 0.6 is 0 Å². The number of amides is 4. The monoisotopic (exact) mass is 367 g/mol. The minimum absolute atomic E-state index is 0.365. The van der Waals surface area contributed by atoms with Crippen molar-refractivity contribution in [3.8, 4) is 5.75 Å². The van der Waals surface area contributed by atoms with E-state index in [9.17, 15) is 14.4 Å².